The zero-order valence-corrected chi connectivity index (χ0v) is 9.49. The van der Waals surface area contributed by atoms with Gasteiger partial charge in [-0.25, -0.2) is 9.97 Å². The molecule has 6 heteroatoms. The molecule has 3 nitrogen and oxygen atoms in total. The van der Waals surface area contributed by atoms with Crippen LogP contribution in [-0.2, 0) is 6.18 Å². The lowest BCUT2D eigenvalue weighted by Gasteiger charge is -2.09. The molecule has 0 saturated heterocycles. The number of nitrogens with two attached hydrogens (primary N) is 1. The molecule has 0 aliphatic carbocycles. The van der Waals surface area contributed by atoms with Crippen LogP contribution < -0.4 is 5.73 Å². The van der Waals surface area contributed by atoms with Crippen molar-refractivity contribution >= 4 is 5.95 Å². The van der Waals surface area contributed by atoms with Crippen molar-refractivity contribution in [3.63, 3.8) is 0 Å². The fraction of sp³-hybridized carbons (Fsp3) is 0.167. The third-order valence-electron chi connectivity index (χ3n) is 2.35. The highest BCUT2D eigenvalue weighted by molar-refractivity contribution is 5.61. The van der Waals surface area contributed by atoms with E-state index in [-0.39, 0.29) is 11.6 Å². The first kappa shape index (κ1) is 12.3. The van der Waals surface area contributed by atoms with Gasteiger partial charge in [0.15, 0.2) is 5.69 Å². The highest BCUT2D eigenvalue weighted by Crippen LogP contribution is 2.30. The van der Waals surface area contributed by atoms with Gasteiger partial charge in [0.05, 0.1) is 5.69 Å². The quantitative estimate of drug-likeness (QED) is 0.849. The van der Waals surface area contributed by atoms with Gasteiger partial charge in [-0.3, -0.25) is 0 Å². The number of nitrogen functional groups attached to an aromatic ring is 1. The molecule has 0 amide bonds. The van der Waals surface area contributed by atoms with Gasteiger partial charge in [0.2, 0.25) is 5.95 Å². The Balaban J connectivity index is 2.55. The number of hydrogen-bond acceptors (Lipinski definition) is 3. The molecule has 0 radical (unpaired) electrons. The van der Waals surface area contributed by atoms with Crippen molar-refractivity contribution in [3.05, 3.63) is 41.6 Å². The first-order chi connectivity index (χ1) is 8.36. The Bertz CT molecular complexity index is 579. The van der Waals surface area contributed by atoms with E-state index < -0.39 is 11.9 Å². The second-order valence-electron chi connectivity index (χ2n) is 3.86. The Kier molecular flexibility index (Phi) is 2.94. The number of anilines is 1. The van der Waals surface area contributed by atoms with Crippen molar-refractivity contribution in [2.24, 2.45) is 0 Å². The molecule has 2 N–H and O–H groups in total. The van der Waals surface area contributed by atoms with Crippen molar-refractivity contribution in [3.8, 4) is 11.3 Å². The highest BCUT2D eigenvalue weighted by Gasteiger charge is 2.33. The van der Waals surface area contributed by atoms with Crippen molar-refractivity contribution in [1.29, 1.82) is 0 Å². The Morgan fingerprint density at radius 2 is 1.83 bits per heavy atom. The summed E-state index contributed by atoms with van der Waals surface area (Å²) in [6.07, 6.45) is -4.53. The number of rotatable bonds is 1. The molecular weight excluding hydrogens is 243 g/mol. The zero-order chi connectivity index (χ0) is 13.3. The van der Waals surface area contributed by atoms with Gasteiger partial charge >= 0.3 is 6.18 Å². The fourth-order valence-corrected chi connectivity index (χ4v) is 1.56. The predicted octanol–water partition coefficient (Wildman–Crippen LogP) is 3.05. The van der Waals surface area contributed by atoms with Crippen LogP contribution in [0.1, 0.15) is 11.3 Å². The van der Waals surface area contributed by atoms with Gasteiger partial charge < -0.3 is 5.73 Å². The van der Waals surface area contributed by atoms with Crippen LogP contribution in [0.15, 0.2) is 30.3 Å². The summed E-state index contributed by atoms with van der Waals surface area (Å²) >= 11 is 0. The molecule has 0 fully saturated rings. The second-order valence-corrected chi connectivity index (χ2v) is 3.86. The first-order valence-electron chi connectivity index (χ1n) is 5.15. The zero-order valence-electron chi connectivity index (χ0n) is 9.49. The lowest BCUT2D eigenvalue weighted by Crippen LogP contribution is -2.11. The highest BCUT2D eigenvalue weighted by atomic mass is 19.4. The lowest BCUT2D eigenvalue weighted by atomic mass is 10.1. The van der Waals surface area contributed by atoms with E-state index in [4.69, 9.17) is 5.73 Å². The number of aromatic nitrogens is 2. The number of hydrogen-bond donors (Lipinski definition) is 1. The smallest absolute Gasteiger partial charge is 0.368 e. The number of aryl methyl sites for hydroxylation is 1. The minimum absolute atomic E-state index is 0.165. The third kappa shape index (κ3) is 2.58. The molecule has 0 atom stereocenters. The van der Waals surface area contributed by atoms with E-state index in [1.165, 1.54) is 0 Å². The molecule has 94 valence electrons. The Morgan fingerprint density at radius 3 is 2.44 bits per heavy atom. The van der Waals surface area contributed by atoms with Gasteiger partial charge in [0.25, 0.3) is 0 Å². The molecular formula is C12H10F3N3. The topological polar surface area (TPSA) is 51.8 Å². The SMILES string of the molecule is Cc1cccc(-c2cc(C(F)(F)F)nc(N)n2)c1. The fourth-order valence-electron chi connectivity index (χ4n) is 1.56. The molecule has 2 rings (SSSR count). The van der Waals surface area contributed by atoms with Crippen LogP contribution in [0.2, 0.25) is 0 Å². The van der Waals surface area contributed by atoms with E-state index in [0.717, 1.165) is 11.6 Å². The van der Waals surface area contributed by atoms with Gasteiger partial charge in [-0.05, 0) is 19.1 Å². The molecule has 1 aromatic heterocycles. The lowest BCUT2D eigenvalue weighted by molar-refractivity contribution is -0.141. The predicted molar refractivity (Wildman–Crippen MR) is 61.6 cm³/mol. The van der Waals surface area contributed by atoms with E-state index in [9.17, 15) is 13.2 Å². The summed E-state index contributed by atoms with van der Waals surface area (Å²) in [7, 11) is 0. The maximum absolute atomic E-state index is 12.6. The second kappa shape index (κ2) is 4.29. The molecule has 1 aromatic carbocycles. The molecule has 0 aliphatic rings. The number of halogens is 3. The van der Waals surface area contributed by atoms with E-state index in [1.54, 1.807) is 18.2 Å². The van der Waals surface area contributed by atoms with Gasteiger partial charge in [-0.2, -0.15) is 13.2 Å². The standard InChI is InChI=1S/C12H10F3N3/c1-7-3-2-4-8(5-7)9-6-10(12(13,14)15)18-11(16)17-9/h2-6H,1H3,(H2,16,17,18). The van der Waals surface area contributed by atoms with Crippen LogP contribution in [0.5, 0.6) is 0 Å². The summed E-state index contributed by atoms with van der Waals surface area (Å²) in [5.74, 6) is -0.388. The average molecular weight is 253 g/mol. The summed E-state index contributed by atoms with van der Waals surface area (Å²) in [5, 5.41) is 0. The normalized spacial score (nSPS) is 11.6. The number of alkyl halides is 3. The minimum atomic E-state index is -4.53. The van der Waals surface area contributed by atoms with E-state index in [1.807, 2.05) is 13.0 Å². The maximum atomic E-state index is 12.6. The number of benzene rings is 1. The molecule has 0 spiro atoms. The Hall–Kier alpha value is -2.11. The van der Waals surface area contributed by atoms with Crippen LogP contribution in [0.4, 0.5) is 19.1 Å². The largest absolute Gasteiger partial charge is 0.433 e. The van der Waals surface area contributed by atoms with Crippen LogP contribution in [0.25, 0.3) is 11.3 Å². The third-order valence-corrected chi connectivity index (χ3v) is 2.35. The summed E-state index contributed by atoms with van der Waals surface area (Å²) < 4.78 is 37.8. The molecule has 0 aliphatic heterocycles. The molecule has 0 bridgehead atoms. The van der Waals surface area contributed by atoms with Gasteiger partial charge in [-0.1, -0.05) is 23.8 Å². The van der Waals surface area contributed by atoms with Crippen LogP contribution >= 0.6 is 0 Å². The molecule has 2 aromatic rings. The van der Waals surface area contributed by atoms with Gasteiger partial charge in [-0.15, -0.1) is 0 Å². The van der Waals surface area contributed by atoms with E-state index >= 15 is 0 Å². The molecule has 0 unspecified atom stereocenters. The Labute approximate surface area is 101 Å². The molecule has 0 saturated carbocycles. The van der Waals surface area contributed by atoms with Crippen molar-refractivity contribution in [2.45, 2.75) is 13.1 Å². The summed E-state index contributed by atoms with van der Waals surface area (Å²) in [4.78, 5) is 7.02. The number of nitrogens with zero attached hydrogens (tertiary/aromatic N) is 2. The first-order valence-corrected chi connectivity index (χ1v) is 5.15. The summed E-state index contributed by atoms with van der Waals surface area (Å²) in [5.41, 5.74) is 5.95. The van der Waals surface area contributed by atoms with Crippen molar-refractivity contribution in [1.82, 2.24) is 9.97 Å². The monoisotopic (exact) mass is 253 g/mol. The summed E-state index contributed by atoms with van der Waals surface area (Å²) in [6, 6.07) is 7.90. The summed E-state index contributed by atoms with van der Waals surface area (Å²) in [6.45, 7) is 1.85. The average Bonchev–Trinajstić information content (AvgIpc) is 2.27. The van der Waals surface area contributed by atoms with E-state index in [0.29, 0.717) is 5.56 Å². The van der Waals surface area contributed by atoms with Crippen LogP contribution in [-0.4, -0.2) is 9.97 Å². The van der Waals surface area contributed by atoms with Gasteiger partial charge in [0.1, 0.15) is 0 Å². The molecule has 1 heterocycles. The maximum Gasteiger partial charge on any atom is 0.433 e. The van der Waals surface area contributed by atoms with Crippen LogP contribution in [0.3, 0.4) is 0 Å². The molecule has 18 heavy (non-hydrogen) atoms. The van der Waals surface area contributed by atoms with Gasteiger partial charge in [0, 0.05) is 5.56 Å². The van der Waals surface area contributed by atoms with Crippen LogP contribution in [0, 0.1) is 6.92 Å². The van der Waals surface area contributed by atoms with Crippen molar-refractivity contribution in [2.75, 3.05) is 5.73 Å². The van der Waals surface area contributed by atoms with Crippen molar-refractivity contribution < 1.29 is 13.2 Å². The minimum Gasteiger partial charge on any atom is -0.368 e. The van der Waals surface area contributed by atoms with E-state index in [2.05, 4.69) is 9.97 Å². The Morgan fingerprint density at radius 1 is 1.11 bits per heavy atom.